The van der Waals surface area contributed by atoms with Crippen LogP contribution in [0.1, 0.15) is 0 Å². The third kappa shape index (κ3) is 3.79. The first kappa shape index (κ1) is 23.0. The van der Waals surface area contributed by atoms with Gasteiger partial charge in [0, 0.05) is 14.1 Å². The topological polar surface area (TPSA) is 48.5 Å². The number of nitrogens with zero attached hydrogens (tertiary/aromatic N) is 5. The Morgan fingerprint density at radius 2 is 0.966 bits per heavy atom. The smallest absolute Gasteiger partial charge is 1.00 e. The molecule has 8 heteroatoms. The summed E-state index contributed by atoms with van der Waals surface area (Å²) in [6, 6.07) is 22.2. The van der Waals surface area contributed by atoms with Crippen molar-refractivity contribution < 1.29 is 43.4 Å². The number of aryl methyl sites for hydroxylation is 2. The van der Waals surface area contributed by atoms with Crippen LogP contribution in [0.2, 0.25) is 0 Å². The van der Waals surface area contributed by atoms with Crippen molar-refractivity contribution in [3.05, 3.63) is 66.7 Å². The predicted octanol–water partition coefficient (Wildman–Crippen LogP) is -1.81. The number of para-hydroxylation sites is 4. The SMILES string of the molecule is Cn1c(-c2cccc(-c3nc4ccccc4n3C)n2)nc2ccccc21.[Cl-].[Cl-].[V+2]. The Bertz CT molecular complexity index is 1180. The maximum Gasteiger partial charge on any atom is 2.00 e. The molecule has 3 heterocycles. The van der Waals surface area contributed by atoms with E-state index in [0.717, 1.165) is 45.1 Å². The quantitative estimate of drug-likeness (QED) is 0.312. The number of hydrogen-bond donors (Lipinski definition) is 0. The van der Waals surface area contributed by atoms with Gasteiger partial charge in [-0.2, -0.15) is 0 Å². The fourth-order valence-electron chi connectivity index (χ4n) is 3.43. The van der Waals surface area contributed by atoms with Gasteiger partial charge in [0.15, 0.2) is 11.6 Å². The van der Waals surface area contributed by atoms with E-state index >= 15 is 0 Å². The van der Waals surface area contributed by atoms with Crippen LogP contribution in [-0.2, 0) is 32.7 Å². The third-order valence-electron chi connectivity index (χ3n) is 4.78. The number of halogens is 2. The first-order valence-corrected chi connectivity index (χ1v) is 8.53. The van der Waals surface area contributed by atoms with Crippen molar-refractivity contribution in [3.63, 3.8) is 0 Å². The molecule has 145 valence electrons. The van der Waals surface area contributed by atoms with Crippen LogP contribution in [-0.4, -0.2) is 24.1 Å². The standard InChI is InChI=1S/C21H17N5.2ClH.V/c1-25-18-12-5-3-8-14(18)23-20(25)16-10-7-11-17(22-16)21-24-15-9-4-6-13-19(15)26(21)2;;;/h3-13H,1-2H3;2*1H;/q;;;+2/p-2. The van der Waals surface area contributed by atoms with Crippen molar-refractivity contribution in [2.24, 2.45) is 14.1 Å². The van der Waals surface area contributed by atoms with Crippen LogP contribution in [0.5, 0.6) is 0 Å². The maximum atomic E-state index is 4.86. The van der Waals surface area contributed by atoms with Gasteiger partial charge in [-0.05, 0) is 36.4 Å². The largest absolute Gasteiger partial charge is 2.00 e. The Morgan fingerprint density at radius 3 is 1.38 bits per heavy atom. The second-order valence-electron chi connectivity index (χ2n) is 6.37. The molecule has 29 heavy (non-hydrogen) atoms. The molecule has 2 aromatic carbocycles. The minimum Gasteiger partial charge on any atom is -1.00 e. The van der Waals surface area contributed by atoms with Gasteiger partial charge in [0.1, 0.15) is 11.4 Å². The third-order valence-corrected chi connectivity index (χ3v) is 4.78. The zero-order valence-corrected chi connectivity index (χ0v) is 18.7. The van der Waals surface area contributed by atoms with E-state index in [4.69, 9.17) is 15.0 Å². The Kier molecular flexibility index (Phi) is 7.14. The summed E-state index contributed by atoms with van der Waals surface area (Å²) in [7, 11) is 4.04. The van der Waals surface area contributed by atoms with Crippen LogP contribution in [0.15, 0.2) is 66.7 Å². The number of hydrogen-bond acceptors (Lipinski definition) is 3. The number of benzene rings is 2. The molecule has 0 fully saturated rings. The first-order chi connectivity index (χ1) is 12.7. The van der Waals surface area contributed by atoms with Gasteiger partial charge in [-0.25, -0.2) is 15.0 Å². The summed E-state index contributed by atoms with van der Waals surface area (Å²) >= 11 is 0. The molecule has 0 saturated carbocycles. The minimum absolute atomic E-state index is 0. The molecular weight excluding hydrogens is 444 g/mol. The number of fused-ring (bicyclic) bond motifs is 2. The van der Waals surface area contributed by atoms with E-state index in [1.165, 1.54) is 0 Å². The molecule has 5 nitrogen and oxygen atoms in total. The fraction of sp³-hybridized carbons (Fsp3) is 0.0952. The van der Waals surface area contributed by atoms with Gasteiger partial charge in [0.25, 0.3) is 0 Å². The van der Waals surface area contributed by atoms with E-state index in [9.17, 15) is 0 Å². The van der Waals surface area contributed by atoms with Gasteiger partial charge in [0.2, 0.25) is 0 Å². The molecule has 5 aromatic rings. The van der Waals surface area contributed by atoms with Crippen LogP contribution in [0, 0.1) is 0 Å². The second kappa shape index (κ2) is 9.01. The van der Waals surface area contributed by atoms with Gasteiger partial charge in [-0.15, -0.1) is 0 Å². The maximum absolute atomic E-state index is 4.86. The average molecular weight is 461 g/mol. The van der Waals surface area contributed by atoms with Crippen LogP contribution in [0.3, 0.4) is 0 Å². The van der Waals surface area contributed by atoms with Crippen LogP contribution in [0.25, 0.3) is 45.1 Å². The average Bonchev–Trinajstić information content (AvgIpc) is 3.20. The number of pyridine rings is 1. The predicted molar refractivity (Wildman–Crippen MR) is 104 cm³/mol. The summed E-state index contributed by atoms with van der Waals surface area (Å²) in [6.45, 7) is 0. The molecule has 0 spiro atoms. The van der Waals surface area contributed by atoms with E-state index in [2.05, 4.69) is 21.3 Å². The fourth-order valence-corrected chi connectivity index (χ4v) is 3.43. The van der Waals surface area contributed by atoms with Crippen LogP contribution < -0.4 is 24.8 Å². The van der Waals surface area contributed by atoms with E-state index in [1.807, 2.05) is 68.7 Å². The Labute approximate surface area is 192 Å². The molecule has 0 N–H and O–H groups in total. The summed E-state index contributed by atoms with van der Waals surface area (Å²) in [5, 5.41) is 0. The second-order valence-corrected chi connectivity index (χ2v) is 6.37. The molecule has 0 aliphatic rings. The van der Waals surface area contributed by atoms with Gasteiger partial charge in [-0.1, -0.05) is 30.3 Å². The van der Waals surface area contributed by atoms with E-state index < -0.39 is 0 Å². The Morgan fingerprint density at radius 1 is 0.552 bits per heavy atom. The monoisotopic (exact) mass is 460 g/mol. The van der Waals surface area contributed by atoms with Gasteiger partial charge in [0.05, 0.1) is 22.1 Å². The van der Waals surface area contributed by atoms with Crippen molar-refractivity contribution >= 4 is 22.1 Å². The summed E-state index contributed by atoms with van der Waals surface area (Å²) < 4.78 is 4.16. The molecule has 0 atom stereocenters. The van der Waals surface area contributed by atoms with Crippen molar-refractivity contribution in [2.75, 3.05) is 0 Å². The van der Waals surface area contributed by atoms with Gasteiger partial charge >= 0.3 is 18.6 Å². The zero-order valence-electron chi connectivity index (χ0n) is 15.8. The van der Waals surface area contributed by atoms with Gasteiger partial charge in [-0.3, -0.25) is 0 Å². The molecule has 0 unspecified atom stereocenters. The van der Waals surface area contributed by atoms with E-state index in [1.54, 1.807) is 0 Å². The first-order valence-electron chi connectivity index (χ1n) is 8.53. The molecule has 1 radical (unpaired) electrons. The van der Waals surface area contributed by atoms with Crippen molar-refractivity contribution in [2.45, 2.75) is 0 Å². The summed E-state index contributed by atoms with van der Waals surface area (Å²) in [5.41, 5.74) is 5.82. The molecule has 0 saturated heterocycles. The van der Waals surface area contributed by atoms with Crippen molar-refractivity contribution in [1.82, 2.24) is 24.1 Å². The molecule has 3 aromatic heterocycles. The molecule has 0 amide bonds. The molecule has 0 aliphatic carbocycles. The van der Waals surface area contributed by atoms with E-state index in [0.29, 0.717) is 0 Å². The number of aromatic nitrogens is 5. The van der Waals surface area contributed by atoms with Crippen LogP contribution >= 0.6 is 0 Å². The van der Waals surface area contributed by atoms with Crippen molar-refractivity contribution in [1.29, 1.82) is 0 Å². The Balaban J connectivity index is 0.000001000. The van der Waals surface area contributed by atoms with Gasteiger partial charge < -0.3 is 33.9 Å². The van der Waals surface area contributed by atoms with Crippen LogP contribution in [0.4, 0.5) is 0 Å². The number of rotatable bonds is 2. The zero-order chi connectivity index (χ0) is 17.7. The van der Waals surface area contributed by atoms with Crippen molar-refractivity contribution in [3.8, 4) is 23.0 Å². The molecular formula is C21H17Cl2N5V. The summed E-state index contributed by atoms with van der Waals surface area (Å²) in [4.78, 5) is 14.4. The summed E-state index contributed by atoms with van der Waals surface area (Å²) in [5.74, 6) is 1.71. The van der Waals surface area contributed by atoms with E-state index in [-0.39, 0.29) is 43.4 Å². The molecule has 0 bridgehead atoms. The normalized spacial score (nSPS) is 10.3. The molecule has 5 rings (SSSR count). The molecule has 0 aliphatic heterocycles. The number of imidazole rings is 2. The Hall–Kier alpha value is -2.31. The minimum atomic E-state index is 0. The summed E-state index contributed by atoms with van der Waals surface area (Å²) in [6.07, 6.45) is 0.